The van der Waals surface area contributed by atoms with Gasteiger partial charge in [0.2, 0.25) is 6.20 Å². The van der Waals surface area contributed by atoms with Crippen molar-refractivity contribution in [3.63, 3.8) is 0 Å². The molecule has 0 aliphatic heterocycles. The average molecular weight is 183 g/mol. The largest absolute Gasteiger partial charge is 0.259 e. The smallest absolute Gasteiger partial charge is 0.230 e. The highest BCUT2D eigenvalue weighted by molar-refractivity contribution is 4.89. The summed E-state index contributed by atoms with van der Waals surface area (Å²) in [4.78, 5) is 9.71. The van der Waals surface area contributed by atoms with E-state index in [9.17, 15) is 10.1 Å². The van der Waals surface area contributed by atoms with E-state index in [1.165, 1.54) is 12.8 Å². The lowest BCUT2D eigenvalue weighted by atomic mass is 9.73. The summed E-state index contributed by atoms with van der Waals surface area (Å²) in [5, 5.41) is 10.1. The maximum atomic E-state index is 10.1. The molecule has 0 heterocycles. The fourth-order valence-electron chi connectivity index (χ4n) is 1.81. The predicted molar refractivity (Wildman–Crippen MR) is 51.9 cm³/mol. The van der Waals surface area contributed by atoms with E-state index in [2.05, 4.69) is 13.8 Å². The minimum absolute atomic E-state index is 0.375. The molecule has 1 aliphatic carbocycles. The SMILES string of the molecule is CC1(C)CCC(/C=C/[N+](=O)[O-])CC1. The molecule has 0 spiro atoms. The predicted octanol–water partition coefficient (Wildman–Crippen LogP) is 2.99. The molecule has 0 radical (unpaired) electrons. The van der Waals surface area contributed by atoms with Gasteiger partial charge in [0.05, 0.1) is 4.92 Å². The van der Waals surface area contributed by atoms with Crippen LogP contribution >= 0.6 is 0 Å². The summed E-state index contributed by atoms with van der Waals surface area (Å²) in [7, 11) is 0. The summed E-state index contributed by atoms with van der Waals surface area (Å²) in [5.74, 6) is 0.429. The lowest BCUT2D eigenvalue weighted by Crippen LogP contribution is -2.20. The molecule has 0 atom stereocenters. The highest BCUT2D eigenvalue weighted by Crippen LogP contribution is 2.38. The Hall–Kier alpha value is -0.860. The van der Waals surface area contributed by atoms with Crippen LogP contribution in [0.1, 0.15) is 39.5 Å². The Balaban J connectivity index is 2.37. The van der Waals surface area contributed by atoms with Gasteiger partial charge in [-0.3, -0.25) is 10.1 Å². The van der Waals surface area contributed by atoms with Crippen molar-refractivity contribution in [2.75, 3.05) is 0 Å². The zero-order chi connectivity index (χ0) is 9.90. The maximum absolute atomic E-state index is 10.1. The summed E-state index contributed by atoms with van der Waals surface area (Å²) in [6.07, 6.45) is 7.38. The molecule has 1 rings (SSSR count). The van der Waals surface area contributed by atoms with Gasteiger partial charge in [0.25, 0.3) is 0 Å². The monoisotopic (exact) mass is 183 g/mol. The molecule has 0 bridgehead atoms. The maximum Gasteiger partial charge on any atom is 0.230 e. The van der Waals surface area contributed by atoms with E-state index >= 15 is 0 Å². The van der Waals surface area contributed by atoms with E-state index in [1.807, 2.05) is 0 Å². The third kappa shape index (κ3) is 3.57. The first-order valence-electron chi connectivity index (χ1n) is 4.81. The highest BCUT2D eigenvalue weighted by atomic mass is 16.6. The first kappa shape index (κ1) is 10.2. The fourth-order valence-corrected chi connectivity index (χ4v) is 1.81. The molecule has 1 fully saturated rings. The van der Waals surface area contributed by atoms with Crippen LogP contribution in [0.2, 0.25) is 0 Å². The van der Waals surface area contributed by atoms with Crippen LogP contribution < -0.4 is 0 Å². The Morgan fingerprint density at radius 1 is 1.38 bits per heavy atom. The molecule has 1 aliphatic rings. The van der Waals surface area contributed by atoms with Gasteiger partial charge in [0, 0.05) is 0 Å². The Labute approximate surface area is 79.0 Å². The van der Waals surface area contributed by atoms with E-state index in [-0.39, 0.29) is 4.92 Å². The molecule has 13 heavy (non-hydrogen) atoms. The summed E-state index contributed by atoms with van der Waals surface area (Å²) >= 11 is 0. The van der Waals surface area contributed by atoms with Crippen LogP contribution in [0.25, 0.3) is 0 Å². The first-order valence-corrected chi connectivity index (χ1v) is 4.81. The molecule has 0 aromatic rings. The summed E-state index contributed by atoms with van der Waals surface area (Å²) in [6, 6.07) is 0. The Morgan fingerprint density at radius 2 is 1.92 bits per heavy atom. The van der Waals surface area contributed by atoms with Crippen LogP contribution in [-0.4, -0.2) is 4.92 Å². The van der Waals surface area contributed by atoms with Crippen molar-refractivity contribution in [3.05, 3.63) is 22.4 Å². The van der Waals surface area contributed by atoms with Gasteiger partial charge in [-0.1, -0.05) is 13.8 Å². The number of rotatable bonds is 2. The van der Waals surface area contributed by atoms with Crippen LogP contribution in [0.15, 0.2) is 12.3 Å². The molecule has 0 N–H and O–H groups in total. The molecule has 74 valence electrons. The van der Waals surface area contributed by atoms with Crippen LogP contribution in [0.4, 0.5) is 0 Å². The van der Waals surface area contributed by atoms with Gasteiger partial charge in [-0.05, 0) is 43.1 Å². The molecule has 0 unspecified atom stereocenters. The fraction of sp³-hybridized carbons (Fsp3) is 0.800. The molecule has 3 nitrogen and oxygen atoms in total. The number of nitrogens with zero attached hydrogens (tertiary/aromatic N) is 1. The second-order valence-electron chi connectivity index (χ2n) is 4.63. The molecule has 0 saturated heterocycles. The van der Waals surface area contributed by atoms with Crippen LogP contribution in [0.3, 0.4) is 0 Å². The molecule has 0 amide bonds. The van der Waals surface area contributed by atoms with E-state index < -0.39 is 0 Å². The van der Waals surface area contributed by atoms with Gasteiger partial charge in [-0.2, -0.15) is 0 Å². The van der Waals surface area contributed by atoms with Gasteiger partial charge in [-0.25, -0.2) is 0 Å². The Morgan fingerprint density at radius 3 is 2.38 bits per heavy atom. The van der Waals surface area contributed by atoms with Gasteiger partial charge in [0.1, 0.15) is 0 Å². The molecule has 0 aromatic heterocycles. The van der Waals surface area contributed by atoms with Crippen LogP contribution in [-0.2, 0) is 0 Å². The van der Waals surface area contributed by atoms with Crippen molar-refractivity contribution in [1.29, 1.82) is 0 Å². The highest BCUT2D eigenvalue weighted by Gasteiger charge is 2.25. The van der Waals surface area contributed by atoms with Crippen molar-refractivity contribution in [2.45, 2.75) is 39.5 Å². The van der Waals surface area contributed by atoms with E-state index in [0.717, 1.165) is 19.0 Å². The van der Waals surface area contributed by atoms with Crippen LogP contribution in [0.5, 0.6) is 0 Å². The average Bonchev–Trinajstić information content (AvgIpc) is 2.02. The molecular weight excluding hydrogens is 166 g/mol. The summed E-state index contributed by atoms with van der Waals surface area (Å²) in [5.41, 5.74) is 0.443. The zero-order valence-electron chi connectivity index (χ0n) is 8.32. The third-order valence-corrected chi connectivity index (χ3v) is 2.86. The van der Waals surface area contributed by atoms with E-state index in [0.29, 0.717) is 11.3 Å². The number of hydrogen-bond donors (Lipinski definition) is 0. The minimum Gasteiger partial charge on any atom is -0.259 e. The lowest BCUT2D eigenvalue weighted by Gasteiger charge is -2.32. The Kier molecular flexibility index (Phi) is 3.07. The van der Waals surface area contributed by atoms with Crippen LogP contribution in [0, 0.1) is 21.4 Å². The summed E-state index contributed by atoms with van der Waals surface area (Å²) < 4.78 is 0. The first-order chi connectivity index (χ1) is 5.99. The molecule has 0 aromatic carbocycles. The topological polar surface area (TPSA) is 43.1 Å². The van der Waals surface area contributed by atoms with Gasteiger partial charge in [-0.15, -0.1) is 0 Å². The number of nitro groups is 1. The van der Waals surface area contributed by atoms with Gasteiger partial charge in [0.15, 0.2) is 0 Å². The second-order valence-corrected chi connectivity index (χ2v) is 4.63. The quantitative estimate of drug-likeness (QED) is 0.488. The van der Waals surface area contributed by atoms with Crippen molar-refractivity contribution in [3.8, 4) is 0 Å². The van der Waals surface area contributed by atoms with E-state index in [1.54, 1.807) is 6.08 Å². The van der Waals surface area contributed by atoms with Gasteiger partial charge >= 0.3 is 0 Å². The normalized spacial score (nSPS) is 23.5. The summed E-state index contributed by atoms with van der Waals surface area (Å²) in [6.45, 7) is 4.53. The number of hydrogen-bond acceptors (Lipinski definition) is 2. The standard InChI is InChI=1S/C10H17NO2/c1-10(2)6-3-9(4-7-10)5-8-11(12)13/h5,8-9H,3-4,6-7H2,1-2H3/b8-5+. The Bertz CT molecular complexity index is 211. The van der Waals surface area contributed by atoms with Crippen molar-refractivity contribution in [1.82, 2.24) is 0 Å². The number of allylic oxidation sites excluding steroid dienone is 1. The van der Waals surface area contributed by atoms with Gasteiger partial charge < -0.3 is 0 Å². The minimum atomic E-state index is -0.375. The second kappa shape index (κ2) is 3.90. The lowest BCUT2D eigenvalue weighted by molar-refractivity contribution is -0.402. The van der Waals surface area contributed by atoms with Crippen molar-refractivity contribution in [2.24, 2.45) is 11.3 Å². The molecular formula is C10H17NO2. The van der Waals surface area contributed by atoms with E-state index in [4.69, 9.17) is 0 Å². The zero-order valence-corrected chi connectivity index (χ0v) is 8.32. The van der Waals surface area contributed by atoms with Crippen molar-refractivity contribution < 1.29 is 4.92 Å². The molecule has 3 heteroatoms. The van der Waals surface area contributed by atoms with Crippen molar-refractivity contribution >= 4 is 0 Å². The molecule has 1 saturated carbocycles. The third-order valence-electron chi connectivity index (χ3n) is 2.86.